The first-order valence-corrected chi connectivity index (χ1v) is 6.48. The van der Waals surface area contributed by atoms with Crippen LogP contribution in [0, 0.1) is 5.82 Å². The third-order valence-electron chi connectivity index (χ3n) is 3.13. The van der Waals surface area contributed by atoms with E-state index >= 15 is 0 Å². The summed E-state index contributed by atoms with van der Waals surface area (Å²) in [6.07, 6.45) is -0.222. The molecule has 4 nitrogen and oxygen atoms in total. The number of halogens is 2. The van der Waals surface area contributed by atoms with Gasteiger partial charge in [0.05, 0.1) is 18.3 Å². The predicted molar refractivity (Wildman–Crippen MR) is 70.7 cm³/mol. The fourth-order valence-electron chi connectivity index (χ4n) is 2.01. The standard InChI is InChI=1S/C13H16ClFN2O2/c1-8(16)12-7-17(4-5-19-12)13(18)10-6-9(14)2-3-11(10)15/h2-3,6,8,12H,4-5,7,16H2,1H3. The van der Waals surface area contributed by atoms with Crippen LogP contribution in [0.2, 0.25) is 5.02 Å². The Morgan fingerprint density at radius 1 is 1.63 bits per heavy atom. The molecule has 19 heavy (non-hydrogen) atoms. The molecule has 0 aromatic heterocycles. The van der Waals surface area contributed by atoms with Gasteiger partial charge in [-0.2, -0.15) is 0 Å². The molecule has 1 heterocycles. The maximum atomic E-state index is 13.7. The highest BCUT2D eigenvalue weighted by molar-refractivity contribution is 6.31. The van der Waals surface area contributed by atoms with Crippen molar-refractivity contribution in [3.63, 3.8) is 0 Å². The number of nitrogens with two attached hydrogens (primary N) is 1. The Labute approximate surface area is 116 Å². The van der Waals surface area contributed by atoms with Crippen molar-refractivity contribution in [2.75, 3.05) is 19.7 Å². The summed E-state index contributed by atoms with van der Waals surface area (Å²) in [4.78, 5) is 13.8. The first-order chi connectivity index (χ1) is 8.99. The van der Waals surface area contributed by atoms with Crippen molar-refractivity contribution in [3.8, 4) is 0 Å². The van der Waals surface area contributed by atoms with E-state index in [1.165, 1.54) is 18.2 Å². The number of morpholine rings is 1. The highest BCUT2D eigenvalue weighted by atomic mass is 35.5. The summed E-state index contributed by atoms with van der Waals surface area (Å²) in [5.74, 6) is -0.952. The minimum atomic E-state index is -0.571. The summed E-state index contributed by atoms with van der Waals surface area (Å²) in [5.41, 5.74) is 5.75. The number of benzene rings is 1. The summed E-state index contributed by atoms with van der Waals surface area (Å²) in [6.45, 7) is 3.01. The van der Waals surface area contributed by atoms with E-state index in [2.05, 4.69) is 0 Å². The van der Waals surface area contributed by atoms with Gasteiger partial charge in [-0.05, 0) is 25.1 Å². The van der Waals surface area contributed by atoms with Crippen LogP contribution in [-0.2, 0) is 4.74 Å². The summed E-state index contributed by atoms with van der Waals surface area (Å²) in [5, 5.41) is 0.335. The number of hydrogen-bond donors (Lipinski definition) is 1. The number of hydrogen-bond acceptors (Lipinski definition) is 3. The van der Waals surface area contributed by atoms with Gasteiger partial charge in [0.15, 0.2) is 0 Å². The lowest BCUT2D eigenvalue weighted by Crippen LogP contribution is -2.51. The third kappa shape index (κ3) is 3.23. The van der Waals surface area contributed by atoms with Crippen molar-refractivity contribution in [1.82, 2.24) is 4.90 Å². The van der Waals surface area contributed by atoms with Crippen LogP contribution < -0.4 is 5.73 Å². The van der Waals surface area contributed by atoms with Gasteiger partial charge in [-0.3, -0.25) is 4.79 Å². The molecule has 1 fully saturated rings. The van der Waals surface area contributed by atoms with Crippen molar-refractivity contribution in [3.05, 3.63) is 34.6 Å². The highest BCUT2D eigenvalue weighted by Gasteiger charge is 2.28. The molecule has 1 aliphatic rings. The van der Waals surface area contributed by atoms with Crippen LogP contribution in [0.4, 0.5) is 4.39 Å². The normalized spacial score (nSPS) is 21.3. The molecule has 2 unspecified atom stereocenters. The van der Waals surface area contributed by atoms with E-state index in [1.807, 2.05) is 6.92 Å². The smallest absolute Gasteiger partial charge is 0.257 e. The topological polar surface area (TPSA) is 55.6 Å². The van der Waals surface area contributed by atoms with E-state index in [1.54, 1.807) is 4.90 Å². The number of amides is 1. The molecule has 0 saturated carbocycles. The Balaban J connectivity index is 2.17. The fourth-order valence-corrected chi connectivity index (χ4v) is 2.18. The van der Waals surface area contributed by atoms with Crippen LogP contribution in [0.25, 0.3) is 0 Å². The van der Waals surface area contributed by atoms with Crippen molar-refractivity contribution < 1.29 is 13.9 Å². The highest BCUT2D eigenvalue weighted by Crippen LogP contribution is 2.18. The number of carbonyl (C=O) groups excluding carboxylic acids is 1. The van der Waals surface area contributed by atoms with Gasteiger partial charge in [-0.1, -0.05) is 11.6 Å². The molecule has 2 atom stereocenters. The lowest BCUT2D eigenvalue weighted by atomic mass is 10.1. The second kappa shape index (κ2) is 5.86. The minimum Gasteiger partial charge on any atom is -0.373 e. The average Bonchev–Trinajstić information content (AvgIpc) is 2.41. The van der Waals surface area contributed by atoms with Gasteiger partial charge in [0.25, 0.3) is 5.91 Å². The molecule has 6 heteroatoms. The van der Waals surface area contributed by atoms with Gasteiger partial charge in [0.1, 0.15) is 5.82 Å². The fraction of sp³-hybridized carbons (Fsp3) is 0.462. The number of rotatable bonds is 2. The van der Waals surface area contributed by atoms with Gasteiger partial charge in [0, 0.05) is 24.2 Å². The molecule has 2 rings (SSSR count). The molecule has 1 saturated heterocycles. The van der Waals surface area contributed by atoms with Crippen molar-refractivity contribution >= 4 is 17.5 Å². The van der Waals surface area contributed by atoms with E-state index < -0.39 is 5.82 Å². The SMILES string of the molecule is CC(N)C1CN(C(=O)c2cc(Cl)ccc2F)CCO1. The third-order valence-corrected chi connectivity index (χ3v) is 3.36. The zero-order chi connectivity index (χ0) is 14.0. The second-order valence-electron chi connectivity index (χ2n) is 4.64. The number of ether oxygens (including phenoxy) is 1. The lowest BCUT2D eigenvalue weighted by Gasteiger charge is -2.34. The molecule has 1 aromatic rings. The van der Waals surface area contributed by atoms with Gasteiger partial charge in [0.2, 0.25) is 0 Å². The lowest BCUT2D eigenvalue weighted by molar-refractivity contribution is -0.0301. The van der Waals surface area contributed by atoms with Crippen LogP contribution in [0.15, 0.2) is 18.2 Å². The molecule has 1 aromatic carbocycles. The Morgan fingerprint density at radius 2 is 2.37 bits per heavy atom. The van der Waals surface area contributed by atoms with E-state index in [0.29, 0.717) is 24.7 Å². The molecule has 0 spiro atoms. The summed E-state index contributed by atoms with van der Waals surface area (Å²) >= 11 is 5.80. The van der Waals surface area contributed by atoms with Crippen molar-refractivity contribution in [2.24, 2.45) is 5.73 Å². The van der Waals surface area contributed by atoms with Crippen LogP contribution >= 0.6 is 11.6 Å². The summed E-state index contributed by atoms with van der Waals surface area (Å²) in [7, 11) is 0. The molecular formula is C13H16ClFN2O2. The molecular weight excluding hydrogens is 271 g/mol. The Hall–Kier alpha value is -1.17. The number of carbonyl (C=O) groups is 1. The van der Waals surface area contributed by atoms with Crippen LogP contribution in [-0.4, -0.2) is 42.6 Å². The first kappa shape index (κ1) is 14.2. The largest absolute Gasteiger partial charge is 0.373 e. The zero-order valence-corrected chi connectivity index (χ0v) is 11.4. The number of nitrogens with zero attached hydrogens (tertiary/aromatic N) is 1. The van der Waals surface area contributed by atoms with E-state index in [-0.39, 0.29) is 23.6 Å². The molecule has 0 bridgehead atoms. The van der Waals surface area contributed by atoms with Crippen molar-refractivity contribution in [1.29, 1.82) is 0 Å². The van der Waals surface area contributed by atoms with E-state index in [9.17, 15) is 9.18 Å². The van der Waals surface area contributed by atoms with Crippen molar-refractivity contribution in [2.45, 2.75) is 19.1 Å². The van der Waals surface area contributed by atoms with Gasteiger partial charge in [-0.25, -0.2) is 4.39 Å². The van der Waals surface area contributed by atoms with E-state index in [4.69, 9.17) is 22.1 Å². The second-order valence-corrected chi connectivity index (χ2v) is 5.08. The Morgan fingerprint density at radius 3 is 3.05 bits per heavy atom. The molecule has 0 radical (unpaired) electrons. The summed E-state index contributed by atoms with van der Waals surface area (Å²) < 4.78 is 19.1. The molecule has 104 valence electrons. The summed E-state index contributed by atoms with van der Waals surface area (Å²) in [6, 6.07) is 3.77. The van der Waals surface area contributed by atoms with Crippen LogP contribution in [0.1, 0.15) is 17.3 Å². The first-order valence-electron chi connectivity index (χ1n) is 6.10. The zero-order valence-electron chi connectivity index (χ0n) is 10.6. The quantitative estimate of drug-likeness (QED) is 0.900. The Kier molecular flexibility index (Phi) is 4.39. The predicted octanol–water partition coefficient (Wildman–Crippen LogP) is 1.67. The molecule has 1 aliphatic heterocycles. The molecule has 1 amide bonds. The van der Waals surface area contributed by atoms with E-state index in [0.717, 1.165) is 0 Å². The maximum absolute atomic E-state index is 13.7. The molecule has 0 aliphatic carbocycles. The van der Waals surface area contributed by atoms with Gasteiger partial charge < -0.3 is 15.4 Å². The average molecular weight is 287 g/mol. The maximum Gasteiger partial charge on any atom is 0.257 e. The monoisotopic (exact) mass is 286 g/mol. The van der Waals surface area contributed by atoms with Gasteiger partial charge >= 0.3 is 0 Å². The molecule has 2 N–H and O–H groups in total. The van der Waals surface area contributed by atoms with Crippen LogP contribution in [0.5, 0.6) is 0 Å². The minimum absolute atomic E-state index is 0.0159. The van der Waals surface area contributed by atoms with Gasteiger partial charge in [-0.15, -0.1) is 0 Å². The Bertz CT molecular complexity index is 482. The van der Waals surface area contributed by atoms with Crippen LogP contribution in [0.3, 0.4) is 0 Å².